The third-order valence-electron chi connectivity index (χ3n) is 0.960. The zero-order valence-electron chi connectivity index (χ0n) is 5.66. The fraction of sp³-hybridized carbons (Fsp3) is 0.250. The molecule has 0 saturated carbocycles. The van der Waals surface area contributed by atoms with Crippen LogP contribution in [0.3, 0.4) is 0 Å². The summed E-state index contributed by atoms with van der Waals surface area (Å²) < 4.78 is 0.575. The topological polar surface area (TPSA) is 67.9 Å². The van der Waals surface area contributed by atoms with Crippen molar-refractivity contribution in [1.82, 2.24) is 15.0 Å². The van der Waals surface area contributed by atoms with Crippen LogP contribution in [0.5, 0.6) is 0 Å². The average Bonchev–Trinajstić information content (AvgIpc) is 1.85. The Bertz CT molecular complexity index is 325. The molecule has 0 unspecified atom stereocenters. The molecule has 0 aliphatic rings. The van der Waals surface area contributed by atoms with Gasteiger partial charge in [0.1, 0.15) is 0 Å². The van der Waals surface area contributed by atoms with Gasteiger partial charge in [-0.05, 0) is 24.4 Å². The Kier molecular flexibility index (Phi) is 2.32. The second-order valence-corrected chi connectivity index (χ2v) is 2.64. The van der Waals surface area contributed by atoms with Crippen LogP contribution in [0.15, 0.2) is 0 Å². The number of hydroxylamine groups is 1. The number of nitrogens with zero attached hydrogens (tertiary/aromatic N) is 2. The van der Waals surface area contributed by atoms with Gasteiger partial charge >= 0.3 is 0 Å². The summed E-state index contributed by atoms with van der Waals surface area (Å²) in [6.45, 7) is 0. The summed E-state index contributed by atoms with van der Waals surface area (Å²) in [4.78, 5) is 8.94. The Labute approximate surface area is 72.7 Å². The van der Waals surface area contributed by atoms with Crippen LogP contribution in [0.4, 0.5) is 5.95 Å². The normalized spacial score (nSPS) is 9.64. The van der Waals surface area contributed by atoms with Crippen LogP contribution < -0.4 is 5.06 Å². The second kappa shape index (κ2) is 3.07. The van der Waals surface area contributed by atoms with Crippen LogP contribution in [0, 0.1) is 9.54 Å². The van der Waals surface area contributed by atoms with Crippen molar-refractivity contribution in [3.63, 3.8) is 0 Å². The first-order valence-electron chi connectivity index (χ1n) is 2.73. The van der Waals surface area contributed by atoms with Crippen molar-refractivity contribution >= 4 is 30.4 Å². The Morgan fingerprint density at radius 1 is 1.45 bits per heavy atom. The molecule has 0 radical (unpaired) electrons. The van der Waals surface area contributed by atoms with Crippen LogP contribution in [0.1, 0.15) is 0 Å². The van der Waals surface area contributed by atoms with E-state index in [0.29, 0.717) is 4.77 Å². The molecule has 1 aromatic rings. The summed E-state index contributed by atoms with van der Waals surface area (Å²) in [5.74, 6) is 0.221. The summed E-state index contributed by atoms with van der Waals surface area (Å²) in [5.41, 5.74) is 0. The fourth-order valence-corrected chi connectivity index (χ4v) is 0.976. The van der Waals surface area contributed by atoms with Gasteiger partial charge in [0, 0.05) is 7.05 Å². The van der Waals surface area contributed by atoms with E-state index in [1.807, 2.05) is 0 Å². The molecule has 0 saturated heterocycles. The van der Waals surface area contributed by atoms with Crippen LogP contribution in [-0.2, 0) is 0 Å². The SMILES string of the molecule is CN(O)c1nc(=S)[nH]c(=S)[nH]1. The number of hydrogen-bond acceptors (Lipinski definition) is 5. The van der Waals surface area contributed by atoms with Gasteiger partial charge in [0.15, 0.2) is 4.77 Å². The van der Waals surface area contributed by atoms with E-state index in [9.17, 15) is 0 Å². The summed E-state index contributed by atoms with van der Waals surface area (Å²) in [6.07, 6.45) is 0. The van der Waals surface area contributed by atoms with E-state index in [1.165, 1.54) is 7.05 Å². The van der Waals surface area contributed by atoms with Crippen LogP contribution >= 0.6 is 24.4 Å². The molecule has 1 heterocycles. The number of anilines is 1. The average molecular weight is 190 g/mol. The number of H-pyrrole nitrogens is 2. The van der Waals surface area contributed by atoms with Crippen molar-refractivity contribution in [2.24, 2.45) is 0 Å². The number of rotatable bonds is 1. The van der Waals surface area contributed by atoms with Crippen molar-refractivity contribution in [3.05, 3.63) is 9.54 Å². The highest BCUT2D eigenvalue weighted by Gasteiger charge is 1.96. The second-order valence-electron chi connectivity index (χ2n) is 1.84. The van der Waals surface area contributed by atoms with E-state index in [0.717, 1.165) is 5.06 Å². The highest BCUT2D eigenvalue weighted by atomic mass is 32.1. The molecule has 11 heavy (non-hydrogen) atoms. The highest BCUT2D eigenvalue weighted by molar-refractivity contribution is 7.71. The number of nitrogens with one attached hydrogen (secondary N) is 2. The smallest absolute Gasteiger partial charge is 0.231 e. The van der Waals surface area contributed by atoms with E-state index in [2.05, 4.69) is 15.0 Å². The van der Waals surface area contributed by atoms with Gasteiger partial charge in [-0.25, -0.2) is 5.06 Å². The van der Waals surface area contributed by atoms with E-state index >= 15 is 0 Å². The minimum absolute atomic E-state index is 0.221. The van der Waals surface area contributed by atoms with E-state index in [-0.39, 0.29) is 10.7 Å². The van der Waals surface area contributed by atoms with Gasteiger partial charge in [0.25, 0.3) is 0 Å². The Morgan fingerprint density at radius 3 is 2.55 bits per heavy atom. The molecule has 0 aliphatic carbocycles. The molecule has 1 rings (SSSR count). The predicted molar refractivity (Wildman–Crippen MR) is 44.8 cm³/mol. The van der Waals surface area contributed by atoms with Gasteiger partial charge in [0.2, 0.25) is 10.7 Å². The molecule has 60 valence electrons. The minimum Gasteiger partial charge on any atom is -0.308 e. The highest BCUT2D eigenvalue weighted by Crippen LogP contribution is 1.98. The minimum atomic E-state index is 0.221. The molecule has 0 aromatic carbocycles. The van der Waals surface area contributed by atoms with Gasteiger partial charge in [-0.1, -0.05) is 0 Å². The monoisotopic (exact) mass is 190 g/mol. The molecule has 5 nitrogen and oxygen atoms in total. The largest absolute Gasteiger partial charge is 0.308 e. The lowest BCUT2D eigenvalue weighted by Crippen LogP contribution is -2.14. The molecule has 0 amide bonds. The molecule has 0 bridgehead atoms. The number of aromatic nitrogens is 3. The van der Waals surface area contributed by atoms with Gasteiger partial charge in [-0.15, -0.1) is 0 Å². The van der Waals surface area contributed by atoms with Crippen LogP contribution in [-0.4, -0.2) is 27.2 Å². The summed E-state index contributed by atoms with van der Waals surface area (Å²) in [5, 5.41) is 9.71. The molecule has 1 aromatic heterocycles. The molecule has 0 fully saturated rings. The number of aromatic amines is 2. The first kappa shape index (κ1) is 8.31. The van der Waals surface area contributed by atoms with E-state index < -0.39 is 0 Å². The lowest BCUT2D eigenvalue weighted by molar-refractivity contribution is 0.272. The van der Waals surface area contributed by atoms with Crippen LogP contribution in [0.2, 0.25) is 0 Å². The molecule has 7 heteroatoms. The molecular formula is C4H6N4OS2. The molecule has 0 spiro atoms. The first-order valence-corrected chi connectivity index (χ1v) is 3.54. The van der Waals surface area contributed by atoms with E-state index in [4.69, 9.17) is 29.6 Å². The standard InChI is InChI=1S/C4H6N4OS2/c1-8(9)2-5-3(10)7-4(11)6-2/h9H,1H3,(H2,5,6,7,10,11). The number of hydrogen-bond donors (Lipinski definition) is 3. The third kappa shape index (κ3) is 2.07. The molecule has 0 atom stereocenters. The third-order valence-corrected chi connectivity index (χ3v) is 1.36. The van der Waals surface area contributed by atoms with Crippen molar-refractivity contribution < 1.29 is 5.21 Å². The fourth-order valence-electron chi connectivity index (χ4n) is 0.535. The van der Waals surface area contributed by atoms with Gasteiger partial charge in [-0.2, -0.15) is 4.98 Å². The summed E-state index contributed by atoms with van der Waals surface area (Å²) in [7, 11) is 1.42. The van der Waals surface area contributed by atoms with E-state index in [1.54, 1.807) is 0 Å². The van der Waals surface area contributed by atoms with Crippen molar-refractivity contribution in [2.45, 2.75) is 0 Å². The zero-order valence-corrected chi connectivity index (χ0v) is 7.29. The van der Waals surface area contributed by atoms with Crippen molar-refractivity contribution in [2.75, 3.05) is 12.1 Å². The maximum absolute atomic E-state index is 8.91. The lowest BCUT2D eigenvalue weighted by atomic mass is 10.9. The zero-order chi connectivity index (χ0) is 8.43. The summed E-state index contributed by atoms with van der Waals surface area (Å²) in [6, 6.07) is 0. The first-order chi connectivity index (χ1) is 5.09. The summed E-state index contributed by atoms with van der Waals surface area (Å²) >= 11 is 9.47. The molecule has 3 N–H and O–H groups in total. The Balaban J connectivity index is 3.30. The van der Waals surface area contributed by atoms with Crippen molar-refractivity contribution in [3.8, 4) is 0 Å². The molecule has 0 aliphatic heterocycles. The van der Waals surface area contributed by atoms with Gasteiger partial charge < -0.3 is 9.97 Å². The predicted octanol–water partition coefficient (Wildman–Crippen LogP) is 1.02. The molecular weight excluding hydrogens is 184 g/mol. The van der Waals surface area contributed by atoms with Crippen LogP contribution in [0.25, 0.3) is 0 Å². The maximum atomic E-state index is 8.91. The van der Waals surface area contributed by atoms with Crippen molar-refractivity contribution in [1.29, 1.82) is 0 Å². The lowest BCUT2D eigenvalue weighted by Gasteiger charge is -2.06. The Morgan fingerprint density at radius 2 is 2.09 bits per heavy atom. The Hall–Kier alpha value is -0.790. The van der Waals surface area contributed by atoms with Gasteiger partial charge in [-0.3, -0.25) is 5.21 Å². The maximum Gasteiger partial charge on any atom is 0.231 e. The van der Waals surface area contributed by atoms with Gasteiger partial charge in [0.05, 0.1) is 0 Å². The quantitative estimate of drug-likeness (QED) is 0.455.